The summed E-state index contributed by atoms with van der Waals surface area (Å²) in [4.78, 5) is 26.2. The summed E-state index contributed by atoms with van der Waals surface area (Å²) in [6.07, 6.45) is 1.55. The van der Waals surface area contributed by atoms with Gasteiger partial charge in [-0.1, -0.05) is 37.1 Å². The summed E-state index contributed by atoms with van der Waals surface area (Å²) < 4.78 is 40.3. The summed E-state index contributed by atoms with van der Waals surface area (Å²) in [5.74, 6) is -2.96. The maximum Gasteiger partial charge on any atom is 0.254 e. The molecule has 10 heteroatoms. The first-order valence-electron chi connectivity index (χ1n) is 9.80. The molecule has 2 aromatic carbocycles. The molecule has 1 heterocycles. The number of anilines is 1. The predicted molar refractivity (Wildman–Crippen MR) is 116 cm³/mol. The molecule has 7 nitrogen and oxygen atoms in total. The number of nitrogens with one attached hydrogen (secondary N) is 1. The van der Waals surface area contributed by atoms with Gasteiger partial charge in [-0.25, -0.2) is 12.8 Å². The number of sulfone groups is 1. The Bertz CT molecular complexity index is 1110. The number of unbranched alkanes of at least 4 members (excludes halogenated alkanes) is 1. The van der Waals surface area contributed by atoms with Crippen LogP contribution in [0.2, 0.25) is 5.02 Å². The van der Waals surface area contributed by atoms with Crippen molar-refractivity contribution in [1.29, 1.82) is 0 Å². The summed E-state index contributed by atoms with van der Waals surface area (Å²) in [7, 11) is -4.06. The van der Waals surface area contributed by atoms with E-state index in [1.165, 1.54) is 4.90 Å². The van der Waals surface area contributed by atoms with Gasteiger partial charge in [-0.3, -0.25) is 9.59 Å². The lowest BCUT2D eigenvalue weighted by molar-refractivity contribution is -0.119. The number of hydrogen-bond donors (Lipinski definition) is 2. The molecule has 3 N–H and O–H groups in total. The van der Waals surface area contributed by atoms with Gasteiger partial charge in [0, 0.05) is 11.6 Å². The molecule has 0 unspecified atom stereocenters. The molecule has 1 aliphatic rings. The number of carbonyl (C=O) groups excluding carboxylic acids is 2. The van der Waals surface area contributed by atoms with E-state index in [0.717, 1.165) is 18.6 Å². The average molecular weight is 468 g/mol. The Morgan fingerprint density at radius 1 is 1.29 bits per heavy atom. The van der Waals surface area contributed by atoms with Crippen LogP contribution in [-0.4, -0.2) is 38.6 Å². The third-order valence-corrected chi connectivity index (χ3v) is 7.02. The Balaban J connectivity index is 2.11. The fraction of sp³-hybridized carbons (Fsp3) is 0.333. The van der Waals surface area contributed by atoms with Crippen LogP contribution < -0.4 is 16.0 Å². The minimum Gasteiger partial charge on any atom is -0.352 e. The predicted octanol–water partition coefficient (Wildman–Crippen LogP) is 2.66. The lowest BCUT2D eigenvalue weighted by atomic mass is 10.1. The van der Waals surface area contributed by atoms with Gasteiger partial charge in [0.15, 0.2) is 9.84 Å². The molecule has 0 fully saturated rings. The van der Waals surface area contributed by atoms with Crippen LogP contribution >= 0.6 is 11.6 Å². The summed E-state index contributed by atoms with van der Waals surface area (Å²) in [6, 6.07) is 7.20. The molecule has 0 bridgehead atoms. The quantitative estimate of drug-likeness (QED) is 0.635. The minimum atomic E-state index is -4.06. The second-order valence-electron chi connectivity index (χ2n) is 7.35. The summed E-state index contributed by atoms with van der Waals surface area (Å²) in [5, 5.41) is 3.10. The van der Waals surface area contributed by atoms with Crippen LogP contribution in [0.25, 0.3) is 0 Å². The van der Waals surface area contributed by atoms with E-state index in [-0.39, 0.29) is 22.7 Å². The number of carbonyl (C=O) groups is 2. The van der Waals surface area contributed by atoms with Crippen LogP contribution in [0.1, 0.15) is 35.7 Å². The molecule has 3 rings (SSSR count). The van der Waals surface area contributed by atoms with Crippen molar-refractivity contribution < 1.29 is 22.4 Å². The van der Waals surface area contributed by atoms with Crippen molar-refractivity contribution in [3.05, 3.63) is 58.4 Å². The standard InChI is InChI=1S/C21H23ClFN3O4S/c1-2-3-8-25-20(27)15-9-18-19(10-16(15)23)31(29,30)12-17(24)21(28)26(18)11-13-4-6-14(22)7-5-13/h4-7,9-10,17H,2-3,8,11-12,24H2,1H3,(H,25,27)/t17-/m0/s1. The molecular weight excluding hydrogens is 445 g/mol. The Kier molecular flexibility index (Phi) is 6.98. The van der Waals surface area contributed by atoms with Crippen molar-refractivity contribution in [3.63, 3.8) is 0 Å². The normalized spacial score (nSPS) is 17.7. The molecule has 0 radical (unpaired) electrons. The van der Waals surface area contributed by atoms with Crippen LogP contribution in [0.3, 0.4) is 0 Å². The van der Waals surface area contributed by atoms with Crippen LogP contribution in [0.5, 0.6) is 0 Å². The second kappa shape index (κ2) is 9.33. The highest BCUT2D eigenvalue weighted by Gasteiger charge is 2.37. The number of rotatable bonds is 6. The number of benzene rings is 2. The van der Waals surface area contributed by atoms with Gasteiger partial charge < -0.3 is 16.0 Å². The maximum absolute atomic E-state index is 14.7. The highest BCUT2D eigenvalue weighted by atomic mass is 35.5. The average Bonchev–Trinajstić information content (AvgIpc) is 2.78. The molecule has 2 aromatic rings. The van der Waals surface area contributed by atoms with Gasteiger partial charge in [-0.05, 0) is 36.2 Å². The molecule has 1 aliphatic heterocycles. The van der Waals surface area contributed by atoms with E-state index in [0.29, 0.717) is 23.6 Å². The highest BCUT2D eigenvalue weighted by molar-refractivity contribution is 7.91. The van der Waals surface area contributed by atoms with Gasteiger partial charge in [-0.2, -0.15) is 0 Å². The Labute approximate surface area is 185 Å². The zero-order chi connectivity index (χ0) is 22.8. The van der Waals surface area contributed by atoms with Crippen molar-refractivity contribution in [2.75, 3.05) is 17.2 Å². The zero-order valence-electron chi connectivity index (χ0n) is 16.9. The van der Waals surface area contributed by atoms with Crippen LogP contribution in [0.15, 0.2) is 41.3 Å². The van der Waals surface area contributed by atoms with Crippen LogP contribution in [0, 0.1) is 5.82 Å². The number of hydrogen-bond acceptors (Lipinski definition) is 5. The van der Waals surface area contributed by atoms with Crippen molar-refractivity contribution in [1.82, 2.24) is 5.32 Å². The smallest absolute Gasteiger partial charge is 0.254 e. The molecule has 166 valence electrons. The second-order valence-corrected chi connectivity index (χ2v) is 9.79. The van der Waals surface area contributed by atoms with E-state index >= 15 is 0 Å². The summed E-state index contributed by atoms with van der Waals surface area (Å²) in [5.41, 5.74) is 6.10. The van der Waals surface area contributed by atoms with E-state index in [2.05, 4.69) is 5.32 Å². The van der Waals surface area contributed by atoms with E-state index < -0.39 is 39.3 Å². The number of fused-ring (bicyclic) bond motifs is 1. The number of nitrogens with two attached hydrogens (primary N) is 1. The minimum absolute atomic E-state index is 0.0191. The fourth-order valence-electron chi connectivity index (χ4n) is 3.30. The third kappa shape index (κ3) is 5.06. The largest absolute Gasteiger partial charge is 0.352 e. The van der Waals surface area contributed by atoms with Gasteiger partial charge in [0.2, 0.25) is 5.91 Å². The van der Waals surface area contributed by atoms with Crippen molar-refractivity contribution >= 4 is 38.9 Å². The highest BCUT2D eigenvalue weighted by Crippen LogP contribution is 2.34. The van der Waals surface area contributed by atoms with Crippen molar-refractivity contribution in [3.8, 4) is 0 Å². The van der Waals surface area contributed by atoms with Gasteiger partial charge in [0.05, 0.1) is 34.5 Å². The monoisotopic (exact) mass is 467 g/mol. The summed E-state index contributed by atoms with van der Waals surface area (Å²) in [6.45, 7) is 2.28. The lowest BCUT2D eigenvalue weighted by Crippen LogP contribution is -2.45. The Hall–Kier alpha value is -2.49. The first-order valence-corrected chi connectivity index (χ1v) is 11.8. The van der Waals surface area contributed by atoms with Gasteiger partial charge in [0.1, 0.15) is 5.82 Å². The van der Waals surface area contributed by atoms with E-state index in [9.17, 15) is 22.4 Å². The molecule has 0 aromatic heterocycles. The molecule has 31 heavy (non-hydrogen) atoms. The number of amides is 2. The lowest BCUT2D eigenvalue weighted by Gasteiger charge is -2.25. The summed E-state index contributed by atoms with van der Waals surface area (Å²) >= 11 is 5.91. The molecule has 0 saturated heterocycles. The third-order valence-electron chi connectivity index (χ3n) is 4.97. The Morgan fingerprint density at radius 2 is 1.97 bits per heavy atom. The molecule has 0 aliphatic carbocycles. The SMILES string of the molecule is CCCCNC(=O)c1cc2c(cc1F)S(=O)(=O)C[C@H](N)C(=O)N2Cc1ccc(Cl)cc1. The molecule has 1 atom stereocenters. The first-order chi connectivity index (χ1) is 14.6. The van der Waals surface area contributed by atoms with E-state index in [4.69, 9.17) is 17.3 Å². The molecule has 0 spiro atoms. The van der Waals surface area contributed by atoms with Gasteiger partial charge in [-0.15, -0.1) is 0 Å². The number of nitrogens with zero attached hydrogens (tertiary/aromatic N) is 1. The zero-order valence-corrected chi connectivity index (χ0v) is 18.5. The Morgan fingerprint density at radius 3 is 2.61 bits per heavy atom. The molecular formula is C21H23ClFN3O4S. The van der Waals surface area contributed by atoms with E-state index in [1.54, 1.807) is 24.3 Å². The van der Waals surface area contributed by atoms with Crippen LogP contribution in [-0.2, 0) is 21.2 Å². The molecule has 2 amide bonds. The number of halogens is 2. The fourth-order valence-corrected chi connectivity index (χ4v) is 5.00. The van der Waals surface area contributed by atoms with Crippen molar-refractivity contribution in [2.24, 2.45) is 5.73 Å². The topological polar surface area (TPSA) is 110 Å². The van der Waals surface area contributed by atoms with Gasteiger partial charge in [0.25, 0.3) is 5.91 Å². The maximum atomic E-state index is 14.7. The van der Waals surface area contributed by atoms with E-state index in [1.807, 2.05) is 6.92 Å². The van der Waals surface area contributed by atoms with Crippen LogP contribution in [0.4, 0.5) is 10.1 Å². The first kappa shape index (κ1) is 23.2. The van der Waals surface area contributed by atoms with Crippen molar-refractivity contribution in [2.45, 2.75) is 37.2 Å². The van der Waals surface area contributed by atoms with Gasteiger partial charge >= 0.3 is 0 Å². The molecule has 0 saturated carbocycles.